The number of benzene rings is 4. The molecule has 1 aromatic heterocycles. The van der Waals surface area contributed by atoms with E-state index in [4.69, 9.17) is 0 Å². The maximum atomic E-state index is 12.9. The first-order valence-corrected chi connectivity index (χ1v) is 11.1. The van der Waals surface area contributed by atoms with Crippen LogP contribution in [0.15, 0.2) is 102 Å². The minimum atomic E-state index is -0.363. The largest absolute Gasteiger partial charge is 0.291 e. The molecule has 166 valence electrons. The van der Waals surface area contributed by atoms with Gasteiger partial charge >= 0.3 is 0 Å². The Kier molecular flexibility index (Phi) is 5.75. The van der Waals surface area contributed by atoms with Crippen molar-refractivity contribution in [2.75, 3.05) is 0 Å². The zero-order valence-electron chi connectivity index (χ0n) is 19.1. The van der Waals surface area contributed by atoms with Crippen molar-refractivity contribution in [3.63, 3.8) is 0 Å². The van der Waals surface area contributed by atoms with E-state index in [1.807, 2.05) is 85.3 Å². The summed E-state index contributed by atoms with van der Waals surface area (Å²) in [7, 11) is 0. The van der Waals surface area contributed by atoms with Crippen LogP contribution >= 0.6 is 0 Å². The quantitative estimate of drug-likeness (QED) is 0.264. The number of para-hydroxylation sites is 1. The van der Waals surface area contributed by atoms with Crippen molar-refractivity contribution in [3.05, 3.63) is 119 Å². The van der Waals surface area contributed by atoms with E-state index in [-0.39, 0.29) is 5.91 Å². The lowest BCUT2D eigenvalue weighted by atomic mass is 10.0. The van der Waals surface area contributed by atoms with Crippen LogP contribution in [0, 0.1) is 13.8 Å². The molecule has 0 aliphatic rings. The van der Waals surface area contributed by atoms with E-state index in [0.29, 0.717) is 5.69 Å². The number of hydrogen-bond acceptors (Lipinski definition) is 3. The van der Waals surface area contributed by atoms with Crippen molar-refractivity contribution >= 4 is 22.9 Å². The lowest BCUT2D eigenvalue weighted by Gasteiger charge is -2.11. The monoisotopic (exact) mass is 444 g/mol. The average Bonchev–Trinajstić information content (AvgIpc) is 3.30. The lowest BCUT2D eigenvalue weighted by molar-refractivity contribution is 0.0949. The number of nitrogens with one attached hydrogen (secondary N) is 1. The number of carbonyl (C=O) groups is 1. The second kappa shape index (κ2) is 9.16. The number of fused-ring (bicyclic) bond motifs is 1. The third-order valence-corrected chi connectivity index (χ3v) is 5.79. The third-order valence-electron chi connectivity index (χ3n) is 5.79. The first-order chi connectivity index (χ1) is 16.6. The summed E-state index contributed by atoms with van der Waals surface area (Å²) in [5.74, 6) is -0.363. The highest BCUT2D eigenvalue weighted by molar-refractivity contribution is 5.95. The molecule has 1 amide bonds. The van der Waals surface area contributed by atoms with Crippen molar-refractivity contribution in [2.45, 2.75) is 13.8 Å². The molecule has 0 aliphatic heterocycles. The van der Waals surface area contributed by atoms with Crippen LogP contribution in [0.3, 0.4) is 0 Å². The topological polar surface area (TPSA) is 59.3 Å². The summed E-state index contributed by atoms with van der Waals surface area (Å²) < 4.78 is 1.83. The van der Waals surface area contributed by atoms with Gasteiger partial charge in [-0.15, -0.1) is 0 Å². The van der Waals surface area contributed by atoms with Crippen LogP contribution in [0.2, 0.25) is 0 Å². The number of aryl methyl sites for hydroxylation is 2. The first kappa shape index (κ1) is 21.3. The van der Waals surface area contributed by atoms with Gasteiger partial charge in [0, 0.05) is 5.56 Å². The highest BCUT2D eigenvalue weighted by Crippen LogP contribution is 2.28. The van der Waals surface area contributed by atoms with E-state index in [1.54, 1.807) is 6.21 Å². The summed E-state index contributed by atoms with van der Waals surface area (Å²) in [5.41, 5.74) is 8.80. The number of amides is 1. The predicted molar refractivity (Wildman–Crippen MR) is 137 cm³/mol. The molecule has 1 N–H and O–H groups in total. The summed E-state index contributed by atoms with van der Waals surface area (Å²) in [6.45, 7) is 4.06. The Hall–Kier alpha value is -4.51. The highest BCUT2D eigenvalue weighted by atomic mass is 16.2. The minimum absolute atomic E-state index is 0.299. The van der Waals surface area contributed by atoms with Crippen LogP contribution in [0.1, 0.15) is 27.2 Å². The molecule has 0 saturated carbocycles. The Morgan fingerprint density at radius 2 is 1.59 bits per heavy atom. The van der Waals surface area contributed by atoms with E-state index in [2.05, 4.69) is 46.0 Å². The second-order valence-electron chi connectivity index (χ2n) is 8.28. The van der Waals surface area contributed by atoms with E-state index < -0.39 is 0 Å². The summed E-state index contributed by atoms with van der Waals surface area (Å²) in [6.07, 6.45) is 1.62. The number of rotatable bonds is 5. The lowest BCUT2D eigenvalue weighted by Crippen LogP contribution is -2.18. The van der Waals surface area contributed by atoms with Gasteiger partial charge in [-0.3, -0.25) is 4.79 Å². The Balaban J connectivity index is 1.51. The van der Waals surface area contributed by atoms with Crippen LogP contribution in [-0.4, -0.2) is 21.9 Å². The van der Waals surface area contributed by atoms with Gasteiger partial charge in [-0.1, -0.05) is 84.4 Å². The van der Waals surface area contributed by atoms with E-state index in [9.17, 15) is 4.79 Å². The number of hydrogen-bond donors (Lipinski definition) is 1. The fourth-order valence-electron chi connectivity index (χ4n) is 3.91. The van der Waals surface area contributed by atoms with Crippen molar-refractivity contribution in [1.29, 1.82) is 0 Å². The molecular weight excluding hydrogens is 420 g/mol. The molecule has 0 bridgehead atoms. The number of aromatic nitrogens is 2. The van der Waals surface area contributed by atoms with Gasteiger partial charge < -0.3 is 0 Å². The summed E-state index contributed by atoms with van der Waals surface area (Å²) in [6, 6.07) is 32.2. The Morgan fingerprint density at radius 3 is 2.38 bits per heavy atom. The minimum Gasteiger partial charge on any atom is -0.265 e. The zero-order chi connectivity index (χ0) is 23.5. The van der Waals surface area contributed by atoms with Crippen molar-refractivity contribution in [1.82, 2.24) is 15.2 Å². The second-order valence-corrected chi connectivity index (χ2v) is 8.28. The van der Waals surface area contributed by atoms with Crippen molar-refractivity contribution in [3.8, 4) is 16.9 Å². The van der Waals surface area contributed by atoms with Gasteiger partial charge in [0.1, 0.15) is 0 Å². The maximum absolute atomic E-state index is 12.9. The summed E-state index contributed by atoms with van der Waals surface area (Å²) in [4.78, 5) is 12.9. The third kappa shape index (κ3) is 4.36. The van der Waals surface area contributed by atoms with E-state index in [0.717, 1.165) is 38.8 Å². The van der Waals surface area contributed by atoms with Gasteiger partial charge in [0.2, 0.25) is 0 Å². The van der Waals surface area contributed by atoms with Gasteiger partial charge in [0.05, 0.1) is 17.6 Å². The standard InChI is InChI=1S/C29H24N4O/c1-20-11-13-22(14-12-20)19-30-31-29(34)26-18-28(33(32-26)27-10-6-3-7-21(27)2)25-16-15-23-8-4-5-9-24(23)17-25/h3-19H,1-2H3,(H,31,34)/b30-19-. The van der Waals surface area contributed by atoms with Gasteiger partial charge in [-0.25, -0.2) is 10.1 Å². The van der Waals surface area contributed by atoms with Gasteiger partial charge in [-0.05, 0) is 53.9 Å². The Morgan fingerprint density at radius 1 is 0.853 bits per heavy atom. The molecule has 0 unspecified atom stereocenters. The molecule has 0 atom stereocenters. The summed E-state index contributed by atoms with van der Waals surface area (Å²) in [5, 5.41) is 11.1. The molecular formula is C29H24N4O. The SMILES string of the molecule is Cc1ccc(/C=N\NC(=O)c2cc(-c3ccc4ccccc4c3)n(-c3ccccc3C)n2)cc1. The molecule has 0 fully saturated rings. The molecule has 5 rings (SSSR count). The molecule has 0 spiro atoms. The van der Waals surface area contributed by atoms with Crippen LogP contribution in [0.25, 0.3) is 27.7 Å². The maximum Gasteiger partial charge on any atom is 0.291 e. The summed E-state index contributed by atoms with van der Waals surface area (Å²) >= 11 is 0. The molecule has 0 aliphatic carbocycles. The van der Waals surface area contributed by atoms with Gasteiger partial charge in [0.25, 0.3) is 5.91 Å². The molecule has 4 aromatic carbocycles. The highest BCUT2D eigenvalue weighted by Gasteiger charge is 2.17. The fourth-order valence-corrected chi connectivity index (χ4v) is 3.91. The number of hydrazone groups is 1. The molecule has 0 radical (unpaired) electrons. The number of carbonyl (C=O) groups excluding carboxylic acids is 1. The van der Waals surface area contributed by atoms with Crippen LogP contribution in [-0.2, 0) is 0 Å². The number of nitrogens with zero attached hydrogens (tertiary/aromatic N) is 3. The van der Waals surface area contributed by atoms with Crippen LogP contribution < -0.4 is 5.43 Å². The van der Waals surface area contributed by atoms with Crippen molar-refractivity contribution in [2.24, 2.45) is 5.10 Å². The predicted octanol–water partition coefficient (Wildman–Crippen LogP) is 6.07. The zero-order valence-corrected chi connectivity index (χ0v) is 19.1. The van der Waals surface area contributed by atoms with Crippen molar-refractivity contribution < 1.29 is 4.79 Å². The Labute approximate surface area is 198 Å². The smallest absolute Gasteiger partial charge is 0.265 e. The fraction of sp³-hybridized carbons (Fsp3) is 0.0690. The van der Waals surface area contributed by atoms with Gasteiger partial charge in [-0.2, -0.15) is 10.2 Å². The van der Waals surface area contributed by atoms with Crippen LogP contribution in [0.4, 0.5) is 0 Å². The average molecular weight is 445 g/mol. The van der Waals surface area contributed by atoms with Crippen LogP contribution in [0.5, 0.6) is 0 Å². The molecule has 5 heteroatoms. The molecule has 1 heterocycles. The normalized spacial score (nSPS) is 11.2. The molecule has 0 saturated heterocycles. The first-order valence-electron chi connectivity index (χ1n) is 11.1. The Bertz CT molecular complexity index is 1510. The van der Waals surface area contributed by atoms with E-state index >= 15 is 0 Å². The van der Waals surface area contributed by atoms with E-state index in [1.165, 1.54) is 5.56 Å². The molecule has 34 heavy (non-hydrogen) atoms. The van der Waals surface area contributed by atoms with Gasteiger partial charge in [0.15, 0.2) is 5.69 Å². The molecule has 5 aromatic rings. The molecule has 5 nitrogen and oxygen atoms in total.